The minimum atomic E-state index is -0.0643. The first-order valence-electron chi connectivity index (χ1n) is 7.12. The van der Waals surface area contributed by atoms with Gasteiger partial charge in [0.25, 0.3) is 0 Å². The molecule has 0 aliphatic rings. The zero-order valence-corrected chi connectivity index (χ0v) is 12.3. The van der Waals surface area contributed by atoms with Crippen LogP contribution in [-0.4, -0.2) is 12.9 Å². The van der Waals surface area contributed by atoms with E-state index in [0.717, 1.165) is 10.9 Å². The van der Waals surface area contributed by atoms with E-state index >= 15 is 0 Å². The SMILES string of the molecule is COc1ccccc1C(=O)/C=C/c1ccc2ccccc2c1. The molecule has 0 saturated carbocycles. The minimum absolute atomic E-state index is 0.0643. The van der Waals surface area contributed by atoms with Gasteiger partial charge in [0, 0.05) is 0 Å². The fourth-order valence-corrected chi connectivity index (χ4v) is 2.42. The van der Waals surface area contributed by atoms with E-state index in [1.807, 2.05) is 36.4 Å². The van der Waals surface area contributed by atoms with Gasteiger partial charge in [-0.25, -0.2) is 0 Å². The van der Waals surface area contributed by atoms with Gasteiger partial charge in [-0.3, -0.25) is 4.79 Å². The Morgan fingerprint density at radius 2 is 1.64 bits per heavy atom. The van der Waals surface area contributed by atoms with Crippen molar-refractivity contribution in [3.8, 4) is 5.75 Å². The van der Waals surface area contributed by atoms with E-state index in [4.69, 9.17) is 4.74 Å². The van der Waals surface area contributed by atoms with Crippen molar-refractivity contribution in [2.75, 3.05) is 7.11 Å². The zero-order chi connectivity index (χ0) is 15.4. The summed E-state index contributed by atoms with van der Waals surface area (Å²) in [6.07, 6.45) is 3.42. The lowest BCUT2D eigenvalue weighted by molar-refractivity contribution is 0.104. The Hall–Kier alpha value is -2.87. The predicted molar refractivity (Wildman–Crippen MR) is 90.3 cm³/mol. The number of carbonyl (C=O) groups is 1. The molecule has 0 aliphatic carbocycles. The lowest BCUT2D eigenvalue weighted by Crippen LogP contribution is -1.98. The average molecular weight is 288 g/mol. The molecule has 0 radical (unpaired) electrons. The first-order chi connectivity index (χ1) is 10.8. The number of ether oxygens (including phenoxy) is 1. The van der Waals surface area contributed by atoms with Gasteiger partial charge in [0.05, 0.1) is 12.7 Å². The van der Waals surface area contributed by atoms with Crippen molar-refractivity contribution in [1.29, 1.82) is 0 Å². The molecule has 0 fully saturated rings. The van der Waals surface area contributed by atoms with Crippen molar-refractivity contribution in [2.24, 2.45) is 0 Å². The number of hydrogen-bond acceptors (Lipinski definition) is 2. The third-order valence-electron chi connectivity index (χ3n) is 3.57. The highest BCUT2D eigenvalue weighted by Crippen LogP contribution is 2.20. The topological polar surface area (TPSA) is 26.3 Å². The molecule has 22 heavy (non-hydrogen) atoms. The molecule has 0 saturated heterocycles. The molecule has 2 heteroatoms. The van der Waals surface area contributed by atoms with Crippen molar-refractivity contribution in [3.05, 3.63) is 83.9 Å². The van der Waals surface area contributed by atoms with Crippen LogP contribution in [0.3, 0.4) is 0 Å². The van der Waals surface area contributed by atoms with E-state index < -0.39 is 0 Å². The Kier molecular flexibility index (Phi) is 4.01. The van der Waals surface area contributed by atoms with Crippen LogP contribution in [0, 0.1) is 0 Å². The van der Waals surface area contributed by atoms with E-state index in [0.29, 0.717) is 11.3 Å². The Balaban J connectivity index is 1.87. The zero-order valence-electron chi connectivity index (χ0n) is 12.3. The predicted octanol–water partition coefficient (Wildman–Crippen LogP) is 4.74. The highest BCUT2D eigenvalue weighted by atomic mass is 16.5. The van der Waals surface area contributed by atoms with Gasteiger partial charge in [-0.1, -0.05) is 54.6 Å². The van der Waals surface area contributed by atoms with E-state index in [2.05, 4.69) is 24.3 Å². The van der Waals surface area contributed by atoms with Crippen LogP contribution in [0.15, 0.2) is 72.8 Å². The Morgan fingerprint density at radius 1 is 0.909 bits per heavy atom. The number of ketones is 1. The molecule has 0 bridgehead atoms. The molecule has 3 aromatic carbocycles. The van der Waals surface area contributed by atoms with Crippen molar-refractivity contribution in [1.82, 2.24) is 0 Å². The minimum Gasteiger partial charge on any atom is -0.496 e. The number of methoxy groups -OCH3 is 1. The maximum Gasteiger partial charge on any atom is 0.189 e. The average Bonchev–Trinajstić information content (AvgIpc) is 2.59. The molecule has 3 aromatic rings. The normalized spacial score (nSPS) is 11.0. The monoisotopic (exact) mass is 288 g/mol. The van der Waals surface area contributed by atoms with E-state index in [9.17, 15) is 4.79 Å². The summed E-state index contributed by atoms with van der Waals surface area (Å²) in [7, 11) is 1.57. The highest BCUT2D eigenvalue weighted by molar-refractivity contribution is 6.08. The molecule has 0 spiro atoms. The summed E-state index contributed by atoms with van der Waals surface area (Å²) >= 11 is 0. The fraction of sp³-hybridized carbons (Fsp3) is 0.0500. The van der Waals surface area contributed by atoms with Crippen LogP contribution in [0.5, 0.6) is 5.75 Å². The van der Waals surface area contributed by atoms with Gasteiger partial charge in [0.1, 0.15) is 5.75 Å². The fourth-order valence-electron chi connectivity index (χ4n) is 2.42. The second-order valence-electron chi connectivity index (χ2n) is 5.00. The molecule has 0 atom stereocenters. The summed E-state index contributed by atoms with van der Waals surface area (Å²) in [4.78, 5) is 12.3. The van der Waals surface area contributed by atoms with Crippen molar-refractivity contribution in [2.45, 2.75) is 0 Å². The number of fused-ring (bicyclic) bond motifs is 1. The van der Waals surface area contributed by atoms with Crippen LogP contribution in [0.1, 0.15) is 15.9 Å². The van der Waals surface area contributed by atoms with Crippen LogP contribution in [0.2, 0.25) is 0 Å². The van der Waals surface area contributed by atoms with E-state index in [1.54, 1.807) is 25.3 Å². The highest BCUT2D eigenvalue weighted by Gasteiger charge is 2.07. The van der Waals surface area contributed by atoms with Crippen LogP contribution >= 0.6 is 0 Å². The number of allylic oxidation sites excluding steroid dienone is 1. The Bertz CT molecular complexity index is 847. The summed E-state index contributed by atoms with van der Waals surface area (Å²) in [6, 6.07) is 21.5. The molecule has 0 heterocycles. The maximum atomic E-state index is 12.3. The lowest BCUT2D eigenvalue weighted by atomic mass is 10.1. The van der Waals surface area contributed by atoms with Crippen LogP contribution < -0.4 is 4.74 Å². The van der Waals surface area contributed by atoms with Crippen LogP contribution in [0.25, 0.3) is 16.8 Å². The first kappa shape index (κ1) is 14.1. The Morgan fingerprint density at radius 3 is 2.45 bits per heavy atom. The van der Waals surface area contributed by atoms with Gasteiger partial charge in [0.15, 0.2) is 5.78 Å². The third kappa shape index (κ3) is 2.91. The molecule has 3 rings (SSSR count). The molecule has 0 amide bonds. The summed E-state index contributed by atoms with van der Waals surface area (Å²) in [5, 5.41) is 2.35. The van der Waals surface area contributed by atoms with Gasteiger partial charge >= 0.3 is 0 Å². The smallest absolute Gasteiger partial charge is 0.189 e. The van der Waals surface area contributed by atoms with E-state index in [1.165, 1.54) is 5.39 Å². The van der Waals surface area contributed by atoms with Crippen molar-refractivity contribution in [3.63, 3.8) is 0 Å². The second kappa shape index (κ2) is 6.27. The number of benzene rings is 3. The molecular formula is C20H16O2. The van der Waals surface area contributed by atoms with E-state index in [-0.39, 0.29) is 5.78 Å². The molecule has 0 aromatic heterocycles. The molecular weight excluding hydrogens is 272 g/mol. The summed E-state index contributed by atoms with van der Waals surface area (Å²) < 4.78 is 5.22. The molecule has 0 aliphatic heterocycles. The van der Waals surface area contributed by atoms with Gasteiger partial charge in [-0.05, 0) is 40.6 Å². The number of para-hydroxylation sites is 1. The van der Waals surface area contributed by atoms with Gasteiger partial charge in [-0.2, -0.15) is 0 Å². The maximum absolute atomic E-state index is 12.3. The first-order valence-corrected chi connectivity index (χ1v) is 7.12. The quantitative estimate of drug-likeness (QED) is 0.512. The van der Waals surface area contributed by atoms with Crippen LogP contribution in [0.4, 0.5) is 0 Å². The second-order valence-corrected chi connectivity index (χ2v) is 5.00. The molecule has 2 nitrogen and oxygen atoms in total. The van der Waals surface area contributed by atoms with Crippen molar-refractivity contribution >= 4 is 22.6 Å². The number of rotatable bonds is 4. The van der Waals surface area contributed by atoms with Crippen molar-refractivity contribution < 1.29 is 9.53 Å². The Labute approximate surface area is 129 Å². The number of carbonyl (C=O) groups excluding carboxylic acids is 1. The molecule has 0 N–H and O–H groups in total. The lowest BCUT2D eigenvalue weighted by Gasteiger charge is -2.04. The third-order valence-corrected chi connectivity index (χ3v) is 3.57. The summed E-state index contributed by atoms with van der Waals surface area (Å²) in [6.45, 7) is 0. The summed E-state index contributed by atoms with van der Waals surface area (Å²) in [5.74, 6) is 0.529. The molecule has 0 unspecified atom stereocenters. The standard InChI is InChI=1S/C20H16O2/c1-22-20-9-5-4-8-18(20)19(21)13-11-15-10-12-16-6-2-3-7-17(16)14-15/h2-14H,1H3/b13-11+. The summed E-state index contributed by atoms with van der Waals surface area (Å²) in [5.41, 5.74) is 1.57. The number of hydrogen-bond donors (Lipinski definition) is 0. The van der Waals surface area contributed by atoms with Gasteiger partial charge in [-0.15, -0.1) is 0 Å². The van der Waals surface area contributed by atoms with Gasteiger partial charge in [0.2, 0.25) is 0 Å². The largest absolute Gasteiger partial charge is 0.496 e. The van der Waals surface area contributed by atoms with Crippen LogP contribution in [-0.2, 0) is 0 Å². The van der Waals surface area contributed by atoms with Gasteiger partial charge < -0.3 is 4.74 Å². The molecule has 108 valence electrons.